The van der Waals surface area contributed by atoms with Gasteiger partial charge in [-0.3, -0.25) is 4.99 Å². The fourth-order valence-corrected chi connectivity index (χ4v) is 2.96. The number of nitrogens with two attached hydrogens (primary N) is 1. The van der Waals surface area contributed by atoms with E-state index in [1.807, 2.05) is 6.92 Å². The average Bonchev–Trinajstić information content (AvgIpc) is 2.68. The van der Waals surface area contributed by atoms with E-state index in [2.05, 4.69) is 28.7 Å². The van der Waals surface area contributed by atoms with Crippen molar-refractivity contribution in [2.24, 2.45) is 10.7 Å². The number of rotatable bonds is 3. The first-order valence-corrected chi connectivity index (χ1v) is 7.47. The second-order valence-electron chi connectivity index (χ2n) is 4.87. The van der Waals surface area contributed by atoms with E-state index in [1.54, 1.807) is 11.3 Å². The molecule has 0 amide bonds. The van der Waals surface area contributed by atoms with Crippen molar-refractivity contribution < 1.29 is 4.74 Å². The number of nitrogens with zero attached hydrogens (tertiary/aromatic N) is 3. The van der Waals surface area contributed by atoms with E-state index in [4.69, 9.17) is 10.5 Å². The quantitative estimate of drug-likeness (QED) is 0.470. The highest BCUT2D eigenvalue weighted by Gasteiger charge is 2.17. The molecule has 7 heteroatoms. The molecular formula is C13H23IN4OS. The first-order valence-electron chi connectivity index (χ1n) is 6.65. The van der Waals surface area contributed by atoms with Crippen molar-refractivity contribution in [2.75, 3.05) is 26.2 Å². The monoisotopic (exact) mass is 410 g/mol. The van der Waals surface area contributed by atoms with Gasteiger partial charge in [0.05, 0.1) is 23.4 Å². The zero-order valence-corrected chi connectivity index (χ0v) is 15.4. The molecule has 1 unspecified atom stereocenters. The summed E-state index contributed by atoms with van der Waals surface area (Å²) >= 11 is 1.75. The number of hydrogen-bond donors (Lipinski definition) is 1. The Hall–Kier alpha value is -0.410. The van der Waals surface area contributed by atoms with Crippen LogP contribution in [0, 0.1) is 13.8 Å². The Morgan fingerprint density at radius 1 is 1.55 bits per heavy atom. The molecule has 0 spiro atoms. The van der Waals surface area contributed by atoms with Gasteiger partial charge in [-0.2, -0.15) is 0 Å². The third-order valence-electron chi connectivity index (χ3n) is 3.24. The topological polar surface area (TPSA) is 63.7 Å². The standard InChI is InChI=1S/C13H22N4OS.HI/c1-9-8-17(6-7-18-9)13(14)15-5-4-12-16-10(2)11(3)19-12;/h9H,4-8H2,1-3H3,(H2,14,15);1H. The molecule has 2 heterocycles. The van der Waals surface area contributed by atoms with Crippen LogP contribution < -0.4 is 5.73 Å². The van der Waals surface area contributed by atoms with Crippen LogP contribution in [-0.2, 0) is 11.2 Å². The van der Waals surface area contributed by atoms with E-state index in [-0.39, 0.29) is 30.1 Å². The van der Waals surface area contributed by atoms with Crippen LogP contribution in [0.3, 0.4) is 0 Å². The SMILES string of the molecule is Cc1nc(CCN=C(N)N2CCOC(C)C2)sc1C.I. The van der Waals surface area contributed by atoms with Gasteiger partial charge in [-0.05, 0) is 20.8 Å². The van der Waals surface area contributed by atoms with Crippen molar-refractivity contribution in [3.8, 4) is 0 Å². The number of hydrogen-bond acceptors (Lipinski definition) is 4. The molecular weight excluding hydrogens is 387 g/mol. The van der Waals surface area contributed by atoms with E-state index in [0.29, 0.717) is 12.5 Å². The zero-order valence-electron chi connectivity index (χ0n) is 12.3. The predicted octanol–water partition coefficient (Wildman–Crippen LogP) is 1.96. The Labute approximate surface area is 141 Å². The predicted molar refractivity (Wildman–Crippen MR) is 94.2 cm³/mol. The first-order chi connectivity index (χ1) is 9.06. The van der Waals surface area contributed by atoms with Crippen molar-refractivity contribution in [3.05, 3.63) is 15.6 Å². The summed E-state index contributed by atoms with van der Waals surface area (Å²) in [5, 5.41) is 1.14. The molecule has 0 aromatic carbocycles. The maximum atomic E-state index is 6.01. The van der Waals surface area contributed by atoms with E-state index < -0.39 is 0 Å². The highest BCUT2D eigenvalue weighted by atomic mass is 127. The van der Waals surface area contributed by atoms with E-state index in [9.17, 15) is 0 Å². The maximum Gasteiger partial charge on any atom is 0.191 e. The normalized spacial score (nSPS) is 19.9. The summed E-state index contributed by atoms with van der Waals surface area (Å²) in [5.41, 5.74) is 7.14. The molecule has 0 radical (unpaired) electrons. The molecule has 1 aromatic heterocycles. The van der Waals surface area contributed by atoms with Crippen LogP contribution in [0.25, 0.3) is 0 Å². The lowest BCUT2D eigenvalue weighted by atomic mass is 10.3. The molecule has 5 nitrogen and oxygen atoms in total. The Balaban J connectivity index is 0.00000200. The third-order valence-corrected chi connectivity index (χ3v) is 4.37. The van der Waals surface area contributed by atoms with Gasteiger partial charge in [-0.15, -0.1) is 35.3 Å². The van der Waals surface area contributed by atoms with Crippen LogP contribution in [0.2, 0.25) is 0 Å². The molecule has 20 heavy (non-hydrogen) atoms. The minimum Gasteiger partial charge on any atom is -0.375 e. The van der Waals surface area contributed by atoms with Gasteiger partial charge in [0.1, 0.15) is 0 Å². The van der Waals surface area contributed by atoms with Gasteiger partial charge in [0, 0.05) is 30.9 Å². The van der Waals surface area contributed by atoms with Gasteiger partial charge in [0.15, 0.2) is 5.96 Å². The fraction of sp³-hybridized carbons (Fsp3) is 0.692. The summed E-state index contributed by atoms with van der Waals surface area (Å²) in [6, 6.07) is 0. The summed E-state index contributed by atoms with van der Waals surface area (Å²) in [7, 11) is 0. The number of thiazole rings is 1. The lowest BCUT2D eigenvalue weighted by molar-refractivity contribution is 0.00530. The molecule has 1 saturated heterocycles. The van der Waals surface area contributed by atoms with Crippen LogP contribution in [0.4, 0.5) is 0 Å². The summed E-state index contributed by atoms with van der Waals surface area (Å²) in [4.78, 5) is 12.3. The molecule has 114 valence electrons. The van der Waals surface area contributed by atoms with Gasteiger partial charge in [0.2, 0.25) is 0 Å². The number of aliphatic imine (C=N–C) groups is 1. The number of aromatic nitrogens is 1. The molecule has 2 N–H and O–H groups in total. The smallest absolute Gasteiger partial charge is 0.191 e. The summed E-state index contributed by atoms with van der Waals surface area (Å²) in [6.07, 6.45) is 1.09. The molecule has 1 fully saturated rings. The lowest BCUT2D eigenvalue weighted by Crippen LogP contribution is -2.47. The van der Waals surface area contributed by atoms with Crippen molar-refractivity contribution in [1.82, 2.24) is 9.88 Å². The minimum atomic E-state index is 0. The lowest BCUT2D eigenvalue weighted by Gasteiger charge is -2.31. The molecule has 2 rings (SSSR count). The first kappa shape index (κ1) is 17.6. The second kappa shape index (κ2) is 8.14. The Morgan fingerprint density at radius 2 is 2.30 bits per heavy atom. The van der Waals surface area contributed by atoms with Crippen LogP contribution in [0.15, 0.2) is 4.99 Å². The molecule has 1 aromatic rings. The van der Waals surface area contributed by atoms with Crippen molar-refractivity contribution in [3.63, 3.8) is 0 Å². The van der Waals surface area contributed by atoms with Crippen molar-refractivity contribution in [2.45, 2.75) is 33.3 Å². The number of aryl methyl sites for hydroxylation is 2. The average molecular weight is 410 g/mol. The second-order valence-corrected chi connectivity index (χ2v) is 6.15. The molecule has 1 aliphatic rings. The highest BCUT2D eigenvalue weighted by Crippen LogP contribution is 2.16. The number of halogens is 1. The summed E-state index contributed by atoms with van der Waals surface area (Å²) < 4.78 is 5.49. The van der Waals surface area contributed by atoms with Crippen LogP contribution >= 0.6 is 35.3 Å². The molecule has 0 bridgehead atoms. The third kappa shape index (κ3) is 4.85. The summed E-state index contributed by atoms with van der Waals surface area (Å²) in [6.45, 7) is 9.28. The minimum absolute atomic E-state index is 0. The van der Waals surface area contributed by atoms with Crippen molar-refractivity contribution in [1.29, 1.82) is 0 Å². The van der Waals surface area contributed by atoms with Crippen LogP contribution in [-0.4, -0.2) is 48.2 Å². The Morgan fingerprint density at radius 3 is 2.90 bits per heavy atom. The summed E-state index contributed by atoms with van der Waals surface area (Å²) in [5.74, 6) is 0.625. The van der Waals surface area contributed by atoms with Gasteiger partial charge in [-0.25, -0.2) is 4.98 Å². The molecule has 0 aliphatic carbocycles. The van der Waals surface area contributed by atoms with Gasteiger partial charge in [-0.1, -0.05) is 0 Å². The van der Waals surface area contributed by atoms with Crippen molar-refractivity contribution >= 4 is 41.3 Å². The van der Waals surface area contributed by atoms with E-state index in [0.717, 1.165) is 36.8 Å². The zero-order chi connectivity index (χ0) is 13.8. The number of guanidine groups is 1. The Kier molecular flexibility index (Phi) is 7.18. The van der Waals surface area contributed by atoms with Gasteiger partial charge >= 0.3 is 0 Å². The fourth-order valence-electron chi connectivity index (χ4n) is 2.04. The molecule has 1 aliphatic heterocycles. The van der Waals surface area contributed by atoms with Gasteiger partial charge in [0.25, 0.3) is 0 Å². The Bertz CT molecular complexity index is 444. The highest BCUT2D eigenvalue weighted by molar-refractivity contribution is 14.0. The number of ether oxygens (including phenoxy) is 1. The molecule has 1 atom stereocenters. The maximum absolute atomic E-state index is 6.01. The largest absolute Gasteiger partial charge is 0.375 e. The van der Waals surface area contributed by atoms with E-state index in [1.165, 1.54) is 4.88 Å². The van der Waals surface area contributed by atoms with Gasteiger partial charge < -0.3 is 15.4 Å². The van der Waals surface area contributed by atoms with Crippen LogP contribution in [0.5, 0.6) is 0 Å². The van der Waals surface area contributed by atoms with E-state index >= 15 is 0 Å². The molecule has 0 saturated carbocycles. The number of morpholine rings is 1. The van der Waals surface area contributed by atoms with Crippen LogP contribution in [0.1, 0.15) is 22.5 Å².